The second-order valence-corrected chi connectivity index (χ2v) is 23.1. The third kappa shape index (κ3) is 46.7. The van der Waals surface area contributed by atoms with Gasteiger partial charge in [-0.1, -0.05) is 262 Å². The largest absolute Gasteiger partial charge is 0.479 e. The maximum absolute atomic E-state index is 13.2. The zero-order chi connectivity index (χ0) is 58.9. The van der Waals surface area contributed by atoms with Gasteiger partial charge in [-0.05, 0) is 83.5 Å². The number of aliphatic hydroxyl groups is 2. The first-order valence-corrected chi connectivity index (χ1v) is 33.6. The van der Waals surface area contributed by atoms with E-state index in [0.29, 0.717) is 19.3 Å². The molecule has 1 aliphatic heterocycles. The molecule has 1 rings (SSSR count). The van der Waals surface area contributed by atoms with E-state index >= 15 is 0 Å². The Labute approximate surface area is 494 Å². The summed E-state index contributed by atoms with van der Waals surface area (Å²) in [7, 11) is 0. The van der Waals surface area contributed by atoms with Gasteiger partial charge in [0.15, 0.2) is 24.6 Å². The van der Waals surface area contributed by atoms with Crippen molar-refractivity contribution in [2.75, 3.05) is 13.2 Å². The summed E-state index contributed by atoms with van der Waals surface area (Å²) in [5, 5.41) is 31.6. The van der Waals surface area contributed by atoms with E-state index in [4.69, 9.17) is 23.7 Å². The molecular formula is C69H122O12. The summed E-state index contributed by atoms with van der Waals surface area (Å²) >= 11 is 0. The normalized spacial score (nSPS) is 18.0. The Hall–Kier alpha value is -3.32. The Balaban J connectivity index is 2.64. The molecule has 12 heteroatoms. The van der Waals surface area contributed by atoms with Crippen LogP contribution in [0.25, 0.3) is 0 Å². The Morgan fingerprint density at radius 3 is 1.14 bits per heavy atom. The molecule has 12 nitrogen and oxygen atoms in total. The van der Waals surface area contributed by atoms with Crippen molar-refractivity contribution in [2.24, 2.45) is 0 Å². The predicted octanol–water partition coefficient (Wildman–Crippen LogP) is 18.1. The first-order valence-electron chi connectivity index (χ1n) is 33.6. The highest BCUT2D eigenvalue weighted by molar-refractivity contribution is 5.74. The lowest BCUT2D eigenvalue weighted by molar-refractivity contribution is -0.301. The fourth-order valence-corrected chi connectivity index (χ4v) is 10.2. The van der Waals surface area contributed by atoms with E-state index in [0.717, 1.165) is 96.3 Å². The molecule has 0 saturated carbocycles. The van der Waals surface area contributed by atoms with Gasteiger partial charge in [0.25, 0.3) is 0 Å². The minimum atomic E-state index is -1.90. The summed E-state index contributed by atoms with van der Waals surface area (Å²) in [5.74, 6) is -3.10. The minimum absolute atomic E-state index is 0.0572. The van der Waals surface area contributed by atoms with Crippen molar-refractivity contribution in [3.05, 3.63) is 48.6 Å². The highest BCUT2D eigenvalue weighted by Crippen LogP contribution is 2.27. The van der Waals surface area contributed by atoms with E-state index in [2.05, 4.69) is 69.4 Å². The van der Waals surface area contributed by atoms with Crippen LogP contribution in [-0.2, 0) is 42.9 Å². The molecule has 3 N–H and O–H groups in total. The van der Waals surface area contributed by atoms with Crippen molar-refractivity contribution < 1.29 is 58.2 Å². The van der Waals surface area contributed by atoms with E-state index in [1.165, 1.54) is 161 Å². The Morgan fingerprint density at radius 2 is 0.741 bits per heavy atom. The molecule has 0 amide bonds. The second-order valence-electron chi connectivity index (χ2n) is 23.1. The van der Waals surface area contributed by atoms with E-state index in [-0.39, 0.29) is 25.9 Å². The first-order chi connectivity index (χ1) is 39.6. The number of unbranched alkanes of at least 4 members (excludes halogenated alkanes) is 36. The highest BCUT2D eigenvalue weighted by atomic mass is 16.7. The molecule has 6 unspecified atom stereocenters. The maximum Gasteiger partial charge on any atom is 0.335 e. The first kappa shape index (κ1) is 75.7. The van der Waals surface area contributed by atoms with Gasteiger partial charge >= 0.3 is 23.9 Å². The van der Waals surface area contributed by atoms with Gasteiger partial charge in [0.2, 0.25) is 0 Å². The predicted molar refractivity (Wildman–Crippen MR) is 331 cm³/mol. The number of aliphatic carboxylic acids is 1. The number of rotatable bonds is 58. The average Bonchev–Trinajstić information content (AvgIpc) is 3.54. The number of hydrogen-bond donors (Lipinski definition) is 3. The molecule has 0 radical (unpaired) electrons. The summed E-state index contributed by atoms with van der Waals surface area (Å²) in [6, 6.07) is 0. The molecule has 0 aromatic carbocycles. The van der Waals surface area contributed by atoms with Gasteiger partial charge in [0.05, 0.1) is 6.61 Å². The summed E-state index contributed by atoms with van der Waals surface area (Å²) in [4.78, 5) is 51.4. The van der Waals surface area contributed by atoms with Crippen LogP contribution in [0.15, 0.2) is 48.6 Å². The van der Waals surface area contributed by atoms with E-state index in [1.54, 1.807) is 0 Å². The quantitative estimate of drug-likeness (QED) is 0.0228. The standard InChI is InChI=1S/C69H122O12/c1-4-7-10-13-16-19-22-25-28-30-31-33-36-39-42-45-48-51-54-57-63(72)80-67-65(74)64(73)66(68(75)76)81-69(67)78-59-60(79-62(71)56-53-50-47-44-41-38-34-27-24-21-18-15-12-9-6-3)58-77-61(70)55-52-49-46-43-40-37-35-32-29-26-23-20-17-14-11-8-5-2/h16-17,19-20,25-26,28-29,60,64-67,69,73-74H,4-15,18,21-24,27,30-59H2,1-3H3,(H,75,76)/b19-16-,20-17-,28-25-,29-26-. The fraction of sp³-hybridized carbons (Fsp3) is 0.826. The monoisotopic (exact) mass is 1140 g/mol. The summed E-state index contributed by atoms with van der Waals surface area (Å²) < 4.78 is 28.6. The number of carboxylic acid groups (broad SMARTS) is 1. The molecule has 6 atom stereocenters. The van der Waals surface area contributed by atoms with Gasteiger partial charge in [-0.2, -0.15) is 0 Å². The van der Waals surface area contributed by atoms with Crippen LogP contribution >= 0.6 is 0 Å². The van der Waals surface area contributed by atoms with Crippen molar-refractivity contribution in [1.29, 1.82) is 0 Å². The number of esters is 3. The molecular weight excluding hydrogens is 1020 g/mol. The number of allylic oxidation sites excluding steroid dienone is 8. The molecule has 1 saturated heterocycles. The van der Waals surface area contributed by atoms with Gasteiger partial charge in [0.1, 0.15) is 18.8 Å². The minimum Gasteiger partial charge on any atom is -0.479 e. The lowest BCUT2D eigenvalue weighted by Gasteiger charge is -2.40. The number of carbonyl (C=O) groups is 4. The van der Waals surface area contributed by atoms with Gasteiger partial charge in [-0.25, -0.2) is 4.79 Å². The van der Waals surface area contributed by atoms with E-state index < -0.39 is 67.3 Å². The lowest BCUT2D eigenvalue weighted by Crippen LogP contribution is -2.61. The van der Waals surface area contributed by atoms with Gasteiger partial charge < -0.3 is 39.0 Å². The number of aliphatic hydroxyl groups excluding tert-OH is 2. The summed E-state index contributed by atoms with van der Waals surface area (Å²) in [5.41, 5.74) is 0. The van der Waals surface area contributed by atoms with E-state index in [9.17, 15) is 34.5 Å². The van der Waals surface area contributed by atoms with Crippen molar-refractivity contribution >= 4 is 23.9 Å². The molecule has 0 aromatic heterocycles. The van der Waals surface area contributed by atoms with Crippen LogP contribution in [0.3, 0.4) is 0 Å². The molecule has 1 heterocycles. The zero-order valence-corrected chi connectivity index (χ0v) is 52.0. The van der Waals surface area contributed by atoms with Gasteiger partial charge in [-0.3, -0.25) is 14.4 Å². The van der Waals surface area contributed by atoms with Crippen LogP contribution in [0.1, 0.15) is 316 Å². The number of carbonyl (C=O) groups excluding carboxylic acids is 3. The van der Waals surface area contributed by atoms with Crippen LogP contribution < -0.4 is 0 Å². The van der Waals surface area contributed by atoms with Gasteiger partial charge in [0, 0.05) is 19.3 Å². The van der Waals surface area contributed by atoms with Gasteiger partial charge in [-0.15, -0.1) is 0 Å². The molecule has 0 aliphatic carbocycles. The third-order valence-electron chi connectivity index (χ3n) is 15.4. The Morgan fingerprint density at radius 1 is 0.407 bits per heavy atom. The topological polar surface area (TPSA) is 175 Å². The smallest absolute Gasteiger partial charge is 0.335 e. The fourth-order valence-electron chi connectivity index (χ4n) is 10.2. The average molecular weight is 1140 g/mol. The number of ether oxygens (including phenoxy) is 5. The molecule has 0 aromatic rings. The van der Waals surface area contributed by atoms with E-state index in [1.807, 2.05) is 0 Å². The Kier molecular flexibility index (Phi) is 53.4. The molecule has 1 aliphatic rings. The third-order valence-corrected chi connectivity index (χ3v) is 15.4. The molecule has 470 valence electrons. The molecule has 0 bridgehead atoms. The lowest BCUT2D eigenvalue weighted by atomic mass is 9.98. The summed E-state index contributed by atoms with van der Waals surface area (Å²) in [6.45, 7) is 5.99. The molecule has 0 spiro atoms. The second kappa shape index (κ2) is 57.1. The van der Waals surface area contributed by atoms with Crippen LogP contribution in [-0.4, -0.2) is 89.2 Å². The van der Waals surface area contributed by atoms with Crippen LogP contribution in [0.5, 0.6) is 0 Å². The molecule has 1 fully saturated rings. The number of hydrogen-bond acceptors (Lipinski definition) is 11. The van der Waals surface area contributed by atoms with Crippen LogP contribution in [0.2, 0.25) is 0 Å². The van der Waals surface area contributed by atoms with Crippen molar-refractivity contribution in [1.82, 2.24) is 0 Å². The Bertz CT molecular complexity index is 1590. The van der Waals surface area contributed by atoms with Crippen molar-refractivity contribution in [2.45, 2.75) is 353 Å². The van der Waals surface area contributed by atoms with Crippen molar-refractivity contribution in [3.8, 4) is 0 Å². The summed E-state index contributed by atoms with van der Waals surface area (Å²) in [6.07, 6.45) is 57.7. The SMILES string of the molecule is CCCCC/C=C\C/C=C\CCCCCCCCCCCC(=O)OC1C(OCC(COC(=O)CCCCCCCCC/C=C\C/C=C\CCCCC)OC(=O)CCCCCCCCCCCCCCCCC)OC(C(=O)O)C(O)C1O. The van der Waals surface area contributed by atoms with Crippen molar-refractivity contribution in [3.63, 3.8) is 0 Å². The van der Waals surface area contributed by atoms with Crippen LogP contribution in [0, 0.1) is 0 Å². The number of carboxylic acids is 1. The molecule has 81 heavy (non-hydrogen) atoms. The maximum atomic E-state index is 13.2. The zero-order valence-electron chi connectivity index (χ0n) is 52.0. The highest BCUT2D eigenvalue weighted by Gasteiger charge is 2.50. The van der Waals surface area contributed by atoms with Crippen LogP contribution in [0.4, 0.5) is 0 Å².